The first-order valence-corrected chi connectivity index (χ1v) is 12.6. The molecule has 0 spiro atoms. The van der Waals surface area contributed by atoms with Crippen LogP contribution in [0, 0.1) is 0 Å². The van der Waals surface area contributed by atoms with Crippen molar-refractivity contribution in [3.8, 4) is 11.1 Å². The van der Waals surface area contributed by atoms with E-state index in [1.807, 2.05) is 70.5 Å². The lowest BCUT2D eigenvalue weighted by molar-refractivity contribution is 0.0553. The van der Waals surface area contributed by atoms with E-state index in [1.54, 1.807) is 0 Å². The lowest BCUT2D eigenvalue weighted by Crippen LogP contribution is -2.62. The second-order valence-electron chi connectivity index (χ2n) is 9.78. The zero-order valence-corrected chi connectivity index (χ0v) is 20.1. The summed E-state index contributed by atoms with van der Waals surface area (Å²) in [6.07, 6.45) is 0.942. The van der Waals surface area contributed by atoms with E-state index in [0.29, 0.717) is 19.6 Å². The summed E-state index contributed by atoms with van der Waals surface area (Å²) in [7, 11) is 0. The van der Waals surface area contributed by atoms with E-state index in [9.17, 15) is 9.59 Å². The van der Waals surface area contributed by atoms with Crippen LogP contribution in [0.15, 0.2) is 97.1 Å². The van der Waals surface area contributed by atoms with Crippen molar-refractivity contribution in [1.29, 1.82) is 0 Å². The van der Waals surface area contributed by atoms with Crippen molar-refractivity contribution >= 4 is 22.6 Å². The van der Waals surface area contributed by atoms with Gasteiger partial charge in [0.25, 0.3) is 11.8 Å². The summed E-state index contributed by atoms with van der Waals surface area (Å²) in [5, 5.41) is 5.88. The summed E-state index contributed by atoms with van der Waals surface area (Å²) in [6.45, 7) is 2.88. The number of rotatable bonds is 5. The quantitative estimate of drug-likeness (QED) is 0.450. The average molecular weight is 476 g/mol. The topological polar surface area (TPSA) is 52.7 Å². The van der Waals surface area contributed by atoms with Crippen LogP contribution in [0.3, 0.4) is 0 Å². The lowest BCUT2D eigenvalue weighted by atomic mass is 9.96. The molecule has 2 aliphatic rings. The molecule has 2 aliphatic heterocycles. The Labute approximate surface area is 211 Å². The summed E-state index contributed by atoms with van der Waals surface area (Å²) in [4.78, 5) is 29.7. The minimum absolute atomic E-state index is 0.0763. The van der Waals surface area contributed by atoms with Gasteiger partial charge < -0.3 is 15.1 Å². The molecule has 1 unspecified atom stereocenters. The Morgan fingerprint density at radius 1 is 0.667 bits per heavy atom. The maximum absolute atomic E-state index is 13.2. The molecular formula is C31H29N3O2. The van der Waals surface area contributed by atoms with Gasteiger partial charge in [0.1, 0.15) is 0 Å². The molecule has 0 radical (unpaired) electrons. The van der Waals surface area contributed by atoms with Crippen LogP contribution < -0.4 is 5.32 Å². The molecule has 6 rings (SSSR count). The van der Waals surface area contributed by atoms with E-state index in [0.717, 1.165) is 34.9 Å². The minimum atomic E-state index is 0.0763. The number of nitrogens with one attached hydrogen (secondary N) is 1. The molecule has 2 fully saturated rings. The van der Waals surface area contributed by atoms with Crippen molar-refractivity contribution in [1.82, 2.24) is 15.1 Å². The standard InChI is InChI=1S/C31H29N3O2/c35-30(23-10-5-2-6-11-23)33-17-16-26(19-33)32-27-20-34(21-27)31(36)25-14-15-29-24(18-25)12-7-13-28(29)22-8-3-1-4-9-22/h1-15,18,26-27,32H,16-17,19-21H2. The highest BCUT2D eigenvalue weighted by atomic mass is 16.2. The summed E-state index contributed by atoms with van der Waals surface area (Å²) in [6, 6.07) is 32.6. The van der Waals surface area contributed by atoms with Crippen LogP contribution >= 0.6 is 0 Å². The summed E-state index contributed by atoms with van der Waals surface area (Å²) < 4.78 is 0. The van der Waals surface area contributed by atoms with Gasteiger partial charge in [-0.25, -0.2) is 0 Å². The fourth-order valence-electron chi connectivity index (χ4n) is 5.40. The molecule has 1 N–H and O–H groups in total. The molecule has 5 nitrogen and oxygen atoms in total. The number of nitrogens with zero attached hydrogens (tertiary/aromatic N) is 2. The van der Waals surface area contributed by atoms with Gasteiger partial charge in [-0.2, -0.15) is 0 Å². The van der Waals surface area contributed by atoms with E-state index in [1.165, 1.54) is 11.1 Å². The number of hydrogen-bond acceptors (Lipinski definition) is 3. The minimum Gasteiger partial charge on any atom is -0.337 e. The van der Waals surface area contributed by atoms with Crippen molar-refractivity contribution in [3.63, 3.8) is 0 Å². The third-order valence-electron chi connectivity index (χ3n) is 7.35. The molecule has 1 atom stereocenters. The zero-order chi connectivity index (χ0) is 24.5. The smallest absolute Gasteiger partial charge is 0.253 e. The number of carbonyl (C=O) groups is 2. The van der Waals surface area contributed by atoms with Gasteiger partial charge in [-0.05, 0) is 52.6 Å². The van der Waals surface area contributed by atoms with Crippen LogP contribution in [0.25, 0.3) is 21.9 Å². The highest BCUT2D eigenvalue weighted by molar-refractivity contribution is 6.03. The van der Waals surface area contributed by atoms with E-state index >= 15 is 0 Å². The Kier molecular flexibility index (Phi) is 5.99. The van der Waals surface area contributed by atoms with Gasteiger partial charge in [0.2, 0.25) is 0 Å². The number of benzene rings is 4. The maximum Gasteiger partial charge on any atom is 0.253 e. The summed E-state index contributed by atoms with van der Waals surface area (Å²) >= 11 is 0. The summed E-state index contributed by atoms with van der Waals surface area (Å²) in [5.74, 6) is 0.171. The number of carbonyl (C=O) groups excluding carboxylic acids is 2. The first-order chi connectivity index (χ1) is 17.7. The Morgan fingerprint density at radius 2 is 1.36 bits per heavy atom. The molecule has 2 saturated heterocycles. The predicted octanol–water partition coefficient (Wildman–Crippen LogP) is 4.84. The van der Waals surface area contributed by atoms with Crippen molar-refractivity contribution in [2.45, 2.75) is 18.5 Å². The van der Waals surface area contributed by atoms with Crippen molar-refractivity contribution in [3.05, 3.63) is 108 Å². The van der Waals surface area contributed by atoms with Crippen LogP contribution in [0.2, 0.25) is 0 Å². The van der Waals surface area contributed by atoms with Crippen molar-refractivity contribution in [2.75, 3.05) is 26.2 Å². The van der Waals surface area contributed by atoms with Crippen molar-refractivity contribution in [2.24, 2.45) is 0 Å². The zero-order valence-electron chi connectivity index (χ0n) is 20.1. The molecule has 36 heavy (non-hydrogen) atoms. The second kappa shape index (κ2) is 9.59. The molecule has 180 valence electrons. The molecule has 0 saturated carbocycles. The number of hydrogen-bond donors (Lipinski definition) is 1. The number of likely N-dealkylation sites (tertiary alicyclic amines) is 2. The highest BCUT2D eigenvalue weighted by Gasteiger charge is 2.35. The molecule has 2 heterocycles. The van der Waals surface area contributed by atoms with Crippen molar-refractivity contribution < 1.29 is 9.59 Å². The Bertz CT molecular complexity index is 1400. The van der Waals surface area contributed by atoms with Gasteiger partial charge in [0.05, 0.1) is 0 Å². The van der Waals surface area contributed by atoms with Crippen LogP contribution in [-0.4, -0.2) is 59.9 Å². The number of amides is 2. The van der Waals surface area contributed by atoms with Gasteiger partial charge in [-0.15, -0.1) is 0 Å². The molecule has 0 aliphatic carbocycles. The third-order valence-corrected chi connectivity index (χ3v) is 7.35. The van der Waals surface area contributed by atoms with E-state index < -0.39 is 0 Å². The SMILES string of the molecule is O=C(c1ccccc1)N1CCC(NC2CN(C(=O)c3ccc4c(-c5ccccc5)cccc4c3)C2)C1. The second-order valence-corrected chi connectivity index (χ2v) is 9.78. The van der Waals surface area contributed by atoms with Crippen LogP contribution in [-0.2, 0) is 0 Å². The molecule has 0 aromatic heterocycles. The van der Waals surface area contributed by atoms with Crippen LogP contribution in [0.1, 0.15) is 27.1 Å². The van der Waals surface area contributed by atoms with Gasteiger partial charge in [0.15, 0.2) is 0 Å². The Morgan fingerprint density at radius 3 is 2.14 bits per heavy atom. The van der Waals surface area contributed by atoms with Crippen LogP contribution in [0.5, 0.6) is 0 Å². The molecule has 0 bridgehead atoms. The largest absolute Gasteiger partial charge is 0.337 e. The number of fused-ring (bicyclic) bond motifs is 1. The first-order valence-electron chi connectivity index (χ1n) is 12.6. The summed E-state index contributed by atoms with van der Waals surface area (Å²) in [5.41, 5.74) is 3.82. The van der Waals surface area contributed by atoms with Gasteiger partial charge in [-0.1, -0.05) is 72.8 Å². The maximum atomic E-state index is 13.2. The van der Waals surface area contributed by atoms with Gasteiger partial charge in [0, 0.05) is 49.4 Å². The van der Waals surface area contributed by atoms with Gasteiger partial charge in [-0.3, -0.25) is 9.59 Å². The third kappa shape index (κ3) is 4.38. The fraction of sp³-hybridized carbons (Fsp3) is 0.226. The average Bonchev–Trinajstić information content (AvgIpc) is 3.39. The lowest BCUT2D eigenvalue weighted by Gasteiger charge is -2.41. The molecular weight excluding hydrogens is 446 g/mol. The molecule has 2 amide bonds. The van der Waals surface area contributed by atoms with Crippen LogP contribution in [0.4, 0.5) is 0 Å². The fourth-order valence-corrected chi connectivity index (χ4v) is 5.40. The monoisotopic (exact) mass is 475 g/mol. The van der Waals surface area contributed by atoms with Gasteiger partial charge >= 0.3 is 0 Å². The van der Waals surface area contributed by atoms with E-state index in [2.05, 4.69) is 41.7 Å². The Balaban J connectivity index is 1.06. The van der Waals surface area contributed by atoms with E-state index in [4.69, 9.17) is 0 Å². The predicted molar refractivity (Wildman–Crippen MR) is 143 cm³/mol. The molecule has 5 heteroatoms. The first kappa shape index (κ1) is 22.5. The highest BCUT2D eigenvalue weighted by Crippen LogP contribution is 2.30. The molecule has 4 aromatic carbocycles. The van der Waals surface area contributed by atoms with E-state index in [-0.39, 0.29) is 23.9 Å². The molecule has 4 aromatic rings. The Hall–Kier alpha value is -3.96. The normalized spacial score (nSPS) is 17.8.